The molecule has 1 aromatic heterocycles. The fourth-order valence-electron chi connectivity index (χ4n) is 3.50. The number of hydrogen-bond donors (Lipinski definition) is 1. The number of carbonyl (C=O) groups excluding carboxylic acids is 1. The molecule has 1 aliphatic heterocycles. The first-order valence-electron chi connectivity index (χ1n) is 9.79. The Labute approximate surface area is 161 Å². The minimum absolute atomic E-state index is 0.0241. The third-order valence-electron chi connectivity index (χ3n) is 5.15. The average Bonchev–Trinajstić information content (AvgIpc) is 2.71. The van der Waals surface area contributed by atoms with Crippen molar-refractivity contribution in [3.05, 3.63) is 30.6 Å². The van der Waals surface area contributed by atoms with E-state index in [-0.39, 0.29) is 12.5 Å². The monoisotopic (exact) mass is 370 g/mol. The van der Waals surface area contributed by atoms with E-state index in [9.17, 15) is 4.79 Å². The minimum atomic E-state index is 0.0241. The summed E-state index contributed by atoms with van der Waals surface area (Å²) < 4.78 is 0. The molecule has 7 nitrogen and oxygen atoms in total. The highest BCUT2D eigenvalue weighted by molar-refractivity contribution is 5.91. The second kappa shape index (κ2) is 9.62. The normalized spacial score (nSPS) is 15.8. The topological polar surface area (TPSA) is 64.6 Å². The summed E-state index contributed by atoms with van der Waals surface area (Å²) in [6, 6.07) is 7.85. The highest BCUT2D eigenvalue weighted by Gasteiger charge is 2.15. The van der Waals surface area contributed by atoms with Gasteiger partial charge in [0.15, 0.2) is 0 Å². The van der Waals surface area contributed by atoms with Gasteiger partial charge in [-0.25, -0.2) is 9.97 Å². The number of nitrogens with one attached hydrogen (secondary N) is 1. The van der Waals surface area contributed by atoms with Crippen molar-refractivity contribution in [1.29, 1.82) is 0 Å². The van der Waals surface area contributed by atoms with Gasteiger partial charge in [0, 0.05) is 45.2 Å². The zero-order valence-corrected chi connectivity index (χ0v) is 16.4. The van der Waals surface area contributed by atoms with E-state index in [1.54, 1.807) is 6.33 Å². The highest BCUT2D eigenvalue weighted by atomic mass is 16.2. The van der Waals surface area contributed by atoms with Gasteiger partial charge in [-0.2, -0.15) is 0 Å². The van der Waals surface area contributed by atoms with E-state index in [4.69, 9.17) is 0 Å². The molecule has 7 heteroatoms. The third kappa shape index (κ3) is 5.37. The number of nitrogens with zero attached hydrogens (tertiary/aromatic N) is 5. The molecular weight excluding hydrogens is 340 g/mol. The maximum Gasteiger partial charge on any atom is 0.239 e. The first-order chi connectivity index (χ1) is 13.2. The van der Waals surface area contributed by atoms with Crippen molar-refractivity contribution < 1.29 is 4.79 Å². The molecule has 1 N–H and O–H groups in total. The molecule has 1 fully saturated rings. The predicted molar refractivity (Wildman–Crippen MR) is 109 cm³/mol. The summed E-state index contributed by atoms with van der Waals surface area (Å²) in [6.07, 6.45) is 2.53. The minimum Gasteiger partial charge on any atom is -0.355 e. The van der Waals surface area contributed by atoms with Crippen LogP contribution >= 0.6 is 0 Å². The zero-order valence-electron chi connectivity index (χ0n) is 16.4. The Balaban J connectivity index is 1.40. The lowest BCUT2D eigenvalue weighted by molar-refractivity contribution is -0.119. The lowest BCUT2D eigenvalue weighted by Crippen LogP contribution is -2.46. The van der Waals surface area contributed by atoms with Gasteiger partial charge in [0.1, 0.15) is 12.1 Å². The second-order valence-electron chi connectivity index (χ2n) is 7.05. The molecule has 1 amide bonds. The summed E-state index contributed by atoms with van der Waals surface area (Å²) in [7, 11) is 1.89. The standard InChI is InChI=1S/C20H30N6O/c1-3-25-11-13-26(14-12-25)10-6-9-21-19(27)15-24(2)20-17-7-4-5-8-18(17)22-16-23-20/h4-5,7-8,16H,3,6,9-15H2,1-2H3,(H,21,27). The van der Waals surface area contributed by atoms with Gasteiger partial charge in [0.2, 0.25) is 5.91 Å². The van der Waals surface area contributed by atoms with Crippen LogP contribution < -0.4 is 10.2 Å². The van der Waals surface area contributed by atoms with Gasteiger partial charge >= 0.3 is 0 Å². The number of benzene rings is 1. The molecule has 1 aromatic carbocycles. The van der Waals surface area contributed by atoms with Crippen molar-refractivity contribution in [3.8, 4) is 0 Å². The van der Waals surface area contributed by atoms with Crippen molar-refractivity contribution >= 4 is 22.6 Å². The van der Waals surface area contributed by atoms with Crippen LogP contribution in [0.2, 0.25) is 0 Å². The summed E-state index contributed by atoms with van der Waals surface area (Å²) in [4.78, 5) is 27.7. The molecule has 2 aromatic rings. The Morgan fingerprint density at radius 3 is 2.67 bits per heavy atom. The molecule has 0 unspecified atom stereocenters. The molecule has 1 aliphatic rings. The van der Waals surface area contributed by atoms with E-state index < -0.39 is 0 Å². The summed E-state index contributed by atoms with van der Waals surface area (Å²) in [5.41, 5.74) is 0.887. The number of carbonyl (C=O) groups is 1. The molecule has 0 saturated carbocycles. The van der Waals surface area contributed by atoms with Gasteiger partial charge in [0.05, 0.1) is 12.1 Å². The van der Waals surface area contributed by atoms with Gasteiger partial charge in [-0.05, 0) is 31.6 Å². The number of anilines is 1. The van der Waals surface area contributed by atoms with Crippen LogP contribution in [0.1, 0.15) is 13.3 Å². The van der Waals surface area contributed by atoms with E-state index >= 15 is 0 Å². The Bertz CT molecular complexity index is 739. The number of piperazine rings is 1. The fraction of sp³-hybridized carbons (Fsp3) is 0.550. The van der Waals surface area contributed by atoms with Crippen LogP contribution in [-0.2, 0) is 4.79 Å². The van der Waals surface area contributed by atoms with Gasteiger partial charge in [-0.3, -0.25) is 4.79 Å². The van der Waals surface area contributed by atoms with Crippen LogP contribution in [0, 0.1) is 0 Å². The number of likely N-dealkylation sites (N-methyl/N-ethyl adjacent to an activating group) is 2. The smallest absolute Gasteiger partial charge is 0.239 e. The Kier molecular flexibility index (Phi) is 6.95. The number of aromatic nitrogens is 2. The van der Waals surface area contributed by atoms with Crippen molar-refractivity contribution in [3.63, 3.8) is 0 Å². The Morgan fingerprint density at radius 2 is 1.89 bits per heavy atom. The lowest BCUT2D eigenvalue weighted by atomic mass is 10.2. The van der Waals surface area contributed by atoms with E-state index in [1.807, 2.05) is 36.2 Å². The second-order valence-corrected chi connectivity index (χ2v) is 7.05. The van der Waals surface area contributed by atoms with E-state index in [1.165, 1.54) is 0 Å². The van der Waals surface area contributed by atoms with E-state index in [0.717, 1.165) is 62.4 Å². The van der Waals surface area contributed by atoms with Crippen LogP contribution in [0.5, 0.6) is 0 Å². The Morgan fingerprint density at radius 1 is 1.15 bits per heavy atom. The molecule has 1 saturated heterocycles. The molecule has 2 heterocycles. The van der Waals surface area contributed by atoms with Crippen molar-refractivity contribution in [1.82, 2.24) is 25.1 Å². The number of hydrogen-bond acceptors (Lipinski definition) is 6. The first-order valence-corrected chi connectivity index (χ1v) is 9.79. The van der Waals surface area contributed by atoms with Gasteiger partial charge in [-0.1, -0.05) is 19.1 Å². The summed E-state index contributed by atoms with van der Waals surface area (Å²) in [6.45, 7) is 9.97. The van der Waals surface area contributed by atoms with Crippen LogP contribution in [0.15, 0.2) is 30.6 Å². The molecule has 0 aliphatic carbocycles. The van der Waals surface area contributed by atoms with E-state index in [0.29, 0.717) is 6.54 Å². The van der Waals surface area contributed by atoms with Crippen LogP contribution in [0.25, 0.3) is 10.9 Å². The molecule has 0 spiro atoms. The van der Waals surface area contributed by atoms with Crippen molar-refractivity contribution in [2.75, 3.05) is 64.3 Å². The van der Waals surface area contributed by atoms with Gasteiger partial charge < -0.3 is 20.0 Å². The molecule has 27 heavy (non-hydrogen) atoms. The SMILES string of the molecule is CCN1CCN(CCCNC(=O)CN(C)c2ncnc3ccccc23)CC1. The van der Waals surface area contributed by atoms with Crippen LogP contribution in [0.3, 0.4) is 0 Å². The fourth-order valence-corrected chi connectivity index (χ4v) is 3.50. The lowest BCUT2D eigenvalue weighted by Gasteiger charge is -2.34. The van der Waals surface area contributed by atoms with Gasteiger partial charge in [-0.15, -0.1) is 0 Å². The van der Waals surface area contributed by atoms with Crippen molar-refractivity contribution in [2.45, 2.75) is 13.3 Å². The largest absolute Gasteiger partial charge is 0.355 e. The molecular formula is C20H30N6O. The summed E-state index contributed by atoms with van der Waals surface area (Å²) in [5, 5.41) is 3.99. The average molecular weight is 371 g/mol. The maximum absolute atomic E-state index is 12.3. The molecule has 0 radical (unpaired) electrons. The molecule has 0 atom stereocenters. The van der Waals surface area contributed by atoms with Crippen LogP contribution in [-0.4, -0.2) is 85.1 Å². The quantitative estimate of drug-likeness (QED) is 0.705. The molecule has 3 rings (SSSR count). The van der Waals surface area contributed by atoms with Crippen molar-refractivity contribution in [2.24, 2.45) is 0 Å². The summed E-state index contributed by atoms with van der Waals surface area (Å²) >= 11 is 0. The Hall–Kier alpha value is -2.25. The van der Waals surface area contributed by atoms with E-state index in [2.05, 4.69) is 32.0 Å². The van der Waals surface area contributed by atoms with Crippen LogP contribution in [0.4, 0.5) is 5.82 Å². The molecule has 146 valence electrons. The predicted octanol–water partition coefficient (Wildman–Crippen LogP) is 1.21. The van der Waals surface area contributed by atoms with Gasteiger partial charge in [0.25, 0.3) is 0 Å². The third-order valence-corrected chi connectivity index (χ3v) is 5.15. The molecule has 0 bridgehead atoms. The first kappa shape index (κ1) is 19.5. The summed E-state index contributed by atoms with van der Waals surface area (Å²) in [5.74, 6) is 0.806. The maximum atomic E-state index is 12.3. The number of amides is 1. The number of rotatable bonds is 8. The zero-order chi connectivity index (χ0) is 19.1. The number of fused-ring (bicyclic) bond motifs is 1. The highest BCUT2D eigenvalue weighted by Crippen LogP contribution is 2.21. The number of para-hydroxylation sites is 1.